The maximum Gasteiger partial charge on any atom is 0.332 e. The van der Waals surface area contributed by atoms with Crippen LogP contribution in [0.5, 0.6) is 0 Å². The smallest absolute Gasteiger partial charge is 0.332 e. The molecule has 0 heterocycles. The summed E-state index contributed by atoms with van der Waals surface area (Å²) in [6, 6.07) is 10.1. The molecule has 5 fully saturated rings. The number of fused-ring (bicyclic) bond motifs is 7. The summed E-state index contributed by atoms with van der Waals surface area (Å²) in [7, 11) is 0. The highest BCUT2D eigenvalue weighted by Crippen LogP contribution is 2.71. The lowest BCUT2D eigenvalue weighted by Crippen LogP contribution is -2.61. The van der Waals surface area contributed by atoms with Crippen LogP contribution in [0.15, 0.2) is 36.4 Å². The van der Waals surface area contributed by atoms with Gasteiger partial charge >= 0.3 is 5.97 Å². The molecule has 0 radical (unpaired) electrons. The molecule has 220 valence electrons. The monoisotopic (exact) mass is 548 g/mol. The van der Waals surface area contributed by atoms with Gasteiger partial charge in [0, 0.05) is 5.41 Å². The van der Waals surface area contributed by atoms with Gasteiger partial charge in [0.1, 0.15) is 6.61 Å². The number of aliphatic hydroxyl groups is 1. The molecule has 1 aromatic rings. The molecule has 4 nitrogen and oxygen atoms in total. The van der Waals surface area contributed by atoms with E-state index in [1.165, 1.54) is 64.2 Å². The van der Waals surface area contributed by atoms with Crippen LogP contribution in [-0.2, 0) is 14.3 Å². The lowest BCUT2D eigenvalue weighted by atomic mass is 9.37. The fraction of sp³-hybridized carbons (Fsp3) is 0.750. The minimum absolute atomic E-state index is 0.0263. The second kappa shape index (κ2) is 11.2. The molecule has 0 aromatic heterocycles. The Morgan fingerprint density at radius 3 is 2.50 bits per heavy atom. The largest absolute Gasteiger partial charge is 0.463 e. The predicted octanol–water partition coefficient (Wildman–Crippen LogP) is 7.70. The number of carbonyl (C=O) groups is 1. The average molecular weight is 549 g/mol. The Hall–Kier alpha value is -1.65. The molecule has 10 unspecified atom stereocenters. The summed E-state index contributed by atoms with van der Waals surface area (Å²) in [5.41, 5.74) is 2.11. The molecule has 0 saturated heterocycles. The predicted molar refractivity (Wildman–Crippen MR) is 159 cm³/mol. The van der Waals surface area contributed by atoms with Crippen molar-refractivity contribution in [2.45, 2.75) is 97.5 Å². The third-order valence-electron chi connectivity index (χ3n) is 13.3. The zero-order chi connectivity index (χ0) is 28.0. The van der Waals surface area contributed by atoms with E-state index in [1.807, 2.05) is 30.4 Å². The first-order chi connectivity index (χ1) is 19.3. The number of hydrogen-bond donors (Lipinski definition) is 1. The normalized spacial score (nSPS) is 44.4. The molecule has 5 saturated carbocycles. The molecular formula is C36H52O4. The number of carbonyl (C=O) groups excluding carboxylic acids is 1. The van der Waals surface area contributed by atoms with Gasteiger partial charge in [-0.2, -0.15) is 0 Å². The van der Waals surface area contributed by atoms with Gasteiger partial charge < -0.3 is 14.6 Å². The van der Waals surface area contributed by atoms with Gasteiger partial charge in [0.15, 0.2) is 0 Å². The molecular weight excluding hydrogens is 496 g/mol. The van der Waals surface area contributed by atoms with Crippen molar-refractivity contribution in [2.75, 3.05) is 19.8 Å². The molecule has 0 aliphatic heterocycles. The highest BCUT2D eigenvalue weighted by atomic mass is 16.6. The van der Waals surface area contributed by atoms with Gasteiger partial charge in [-0.1, -0.05) is 69.7 Å². The second-order valence-electron chi connectivity index (χ2n) is 14.9. The van der Waals surface area contributed by atoms with Gasteiger partial charge in [-0.25, -0.2) is 4.79 Å². The van der Waals surface area contributed by atoms with Crippen LogP contribution in [0.3, 0.4) is 0 Å². The van der Waals surface area contributed by atoms with Gasteiger partial charge in [0.05, 0.1) is 19.3 Å². The molecule has 0 bridgehead atoms. The maximum absolute atomic E-state index is 12.7. The zero-order valence-corrected chi connectivity index (χ0v) is 25.2. The van der Waals surface area contributed by atoms with Crippen LogP contribution < -0.4 is 0 Å². The fourth-order valence-electron chi connectivity index (χ4n) is 11.4. The van der Waals surface area contributed by atoms with Crippen LogP contribution in [-0.4, -0.2) is 37.0 Å². The van der Waals surface area contributed by atoms with Crippen molar-refractivity contribution in [1.82, 2.24) is 0 Å². The summed E-state index contributed by atoms with van der Waals surface area (Å²) in [5, 5.41) is 10.7. The molecule has 5 aliphatic rings. The van der Waals surface area contributed by atoms with E-state index in [0.717, 1.165) is 29.7 Å². The Bertz CT molecular complexity index is 1070. The maximum atomic E-state index is 12.7. The van der Waals surface area contributed by atoms with Crippen molar-refractivity contribution >= 4 is 12.0 Å². The van der Waals surface area contributed by atoms with Crippen molar-refractivity contribution in [3.8, 4) is 0 Å². The van der Waals surface area contributed by atoms with Crippen molar-refractivity contribution in [3.63, 3.8) is 0 Å². The number of rotatable bonds is 7. The van der Waals surface area contributed by atoms with E-state index in [2.05, 4.69) is 32.9 Å². The second-order valence-corrected chi connectivity index (χ2v) is 14.9. The standard InChI is InChI=1S/C36H52O4/c1-25-28-15-19-35(3)29-16-21-36(24-40-33(38)23-39-22-8-11-26-9-5-4-6-10-26)18-7-12-30(36)27(29)13-14-32(35)34(28,2)20-17-31(25)37/h4-6,8-11,25,27-32,37H,7,12-24H2,1-3H3/b11-8+. The van der Waals surface area contributed by atoms with Crippen molar-refractivity contribution < 1.29 is 19.4 Å². The summed E-state index contributed by atoms with van der Waals surface area (Å²) in [6.45, 7) is 8.61. The number of aliphatic hydroxyl groups excluding tert-OH is 1. The fourth-order valence-corrected chi connectivity index (χ4v) is 11.4. The summed E-state index contributed by atoms with van der Waals surface area (Å²) in [4.78, 5) is 12.7. The third-order valence-corrected chi connectivity index (χ3v) is 13.3. The van der Waals surface area contributed by atoms with E-state index in [-0.39, 0.29) is 24.1 Å². The zero-order valence-electron chi connectivity index (χ0n) is 25.2. The van der Waals surface area contributed by atoms with E-state index in [9.17, 15) is 9.90 Å². The minimum atomic E-state index is -0.217. The van der Waals surface area contributed by atoms with E-state index in [0.29, 0.717) is 41.8 Å². The molecule has 1 aromatic carbocycles. The van der Waals surface area contributed by atoms with E-state index in [4.69, 9.17) is 9.47 Å². The molecule has 1 N–H and O–H groups in total. The Morgan fingerprint density at radius 2 is 1.68 bits per heavy atom. The topological polar surface area (TPSA) is 55.8 Å². The lowest BCUT2D eigenvalue weighted by molar-refractivity contribution is -0.199. The van der Waals surface area contributed by atoms with Gasteiger partial charge in [-0.05, 0) is 116 Å². The summed E-state index contributed by atoms with van der Waals surface area (Å²) < 4.78 is 11.6. The molecule has 0 amide bonds. The molecule has 4 heteroatoms. The number of benzene rings is 1. The van der Waals surface area contributed by atoms with E-state index in [1.54, 1.807) is 0 Å². The van der Waals surface area contributed by atoms with Gasteiger partial charge in [-0.15, -0.1) is 0 Å². The van der Waals surface area contributed by atoms with Crippen LogP contribution in [0.4, 0.5) is 0 Å². The average Bonchev–Trinajstić information content (AvgIpc) is 3.39. The first kappa shape index (κ1) is 28.5. The number of esters is 1. The molecule has 40 heavy (non-hydrogen) atoms. The van der Waals surface area contributed by atoms with Gasteiger partial charge in [0.25, 0.3) is 0 Å². The Kier molecular flexibility index (Phi) is 7.98. The van der Waals surface area contributed by atoms with Crippen LogP contribution in [0.1, 0.15) is 97.0 Å². The SMILES string of the molecule is CC1C(O)CCC2(C)C1CCC1(C)C3CCC4(COC(=O)COC/C=C/c5ccccc5)CCCC4C3CCC21. The van der Waals surface area contributed by atoms with Crippen LogP contribution in [0, 0.1) is 51.8 Å². The Balaban J connectivity index is 1.06. The summed E-state index contributed by atoms with van der Waals surface area (Å²) in [6.07, 6.45) is 17.7. The highest BCUT2D eigenvalue weighted by Gasteiger charge is 2.64. The van der Waals surface area contributed by atoms with Crippen molar-refractivity contribution in [1.29, 1.82) is 0 Å². The lowest BCUT2D eigenvalue weighted by Gasteiger charge is -2.67. The van der Waals surface area contributed by atoms with Crippen molar-refractivity contribution in [2.24, 2.45) is 51.8 Å². The van der Waals surface area contributed by atoms with E-state index < -0.39 is 0 Å². The van der Waals surface area contributed by atoms with E-state index >= 15 is 0 Å². The Labute approximate surface area is 242 Å². The third kappa shape index (κ3) is 4.89. The quantitative estimate of drug-likeness (QED) is 0.280. The van der Waals surface area contributed by atoms with Crippen LogP contribution in [0.2, 0.25) is 0 Å². The first-order valence-corrected chi connectivity index (χ1v) is 16.4. The number of hydrogen-bond acceptors (Lipinski definition) is 4. The highest BCUT2D eigenvalue weighted by molar-refractivity contribution is 5.70. The minimum Gasteiger partial charge on any atom is -0.463 e. The van der Waals surface area contributed by atoms with Gasteiger partial charge in [0.2, 0.25) is 0 Å². The Morgan fingerprint density at radius 1 is 0.925 bits per heavy atom. The molecule has 0 spiro atoms. The molecule has 10 atom stereocenters. The first-order valence-electron chi connectivity index (χ1n) is 16.4. The molecule has 5 aliphatic carbocycles. The van der Waals surface area contributed by atoms with Crippen LogP contribution >= 0.6 is 0 Å². The van der Waals surface area contributed by atoms with Crippen LogP contribution in [0.25, 0.3) is 6.08 Å². The molecule has 6 rings (SSSR count). The van der Waals surface area contributed by atoms with Gasteiger partial charge in [-0.3, -0.25) is 0 Å². The summed E-state index contributed by atoms with van der Waals surface area (Å²) >= 11 is 0. The number of ether oxygens (including phenoxy) is 2. The van der Waals surface area contributed by atoms with Crippen molar-refractivity contribution in [3.05, 3.63) is 42.0 Å². The summed E-state index contributed by atoms with van der Waals surface area (Å²) in [5.74, 6) is 3.97.